The zero-order valence-electron chi connectivity index (χ0n) is 19.8. The summed E-state index contributed by atoms with van der Waals surface area (Å²) in [6, 6.07) is 4.52. The number of sulfonamides is 1. The predicted octanol–water partition coefficient (Wildman–Crippen LogP) is 2.26. The highest BCUT2D eigenvalue weighted by atomic mass is 32.2. The molecule has 34 heavy (non-hydrogen) atoms. The van der Waals surface area contributed by atoms with E-state index in [0.717, 1.165) is 24.8 Å². The summed E-state index contributed by atoms with van der Waals surface area (Å²) in [6.07, 6.45) is 7.11. The fourth-order valence-corrected chi connectivity index (χ4v) is 8.75. The van der Waals surface area contributed by atoms with Crippen LogP contribution in [0.1, 0.15) is 50.5 Å². The summed E-state index contributed by atoms with van der Waals surface area (Å²) in [7, 11) is -3.83. The smallest absolute Gasteiger partial charge is 0.246 e. The van der Waals surface area contributed by atoms with Crippen molar-refractivity contribution in [3.05, 3.63) is 23.8 Å². The molecule has 1 saturated heterocycles. The molecule has 5 fully saturated rings. The van der Waals surface area contributed by atoms with Crippen molar-refractivity contribution in [2.24, 2.45) is 23.2 Å². The fourth-order valence-electron chi connectivity index (χ4n) is 7.16. The number of carbonyl (C=O) groups excluding carboxylic acids is 2. The Morgan fingerprint density at radius 1 is 1.03 bits per heavy atom. The molecule has 6 rings (SSSR count). The second-order valence-electron chi connectivity index (χ2n) is 11.0. The van der Waals surface area contributed by atoms with Crippen molar-refractivity contribution in [1.82, 2.24) is 14.5 Å². The number of phenols is 1. The number of benzene rings is 1. The van der Waals surface area contributed by atoms with Gasteiger partial charge in [0.25, 0.3) is 0 Å². The average Bonchev–Trinajstić information content (AvgIpc) is 2.79. The zero-order valence-corrected chi connectivity index (χ0v) is 20.6. The SMILES string of the molecule is Cc1ccc(O)c(S(=O)(=O)N2CCN(C(=O)CCNC(=O)C34CC5CC(CC(C5)C3)C4)CC2)c1. The molecule has 1 aromatic carbocycles. The number of hydrogen-bond donors (Lipinski definition) is 2. The lowest BCUT2D eigenvalue weighted by Crippen LogP contribution is -2.54. The van der Waals surface area contributed by atoms with Crippen molar-refractivity contribution < 1.29 is 23.1 Å². The van der Waals surface area contributed by atoms with Crippen LogP contribution in [0, 0.1) is 30.1 Å². The number of rotatable bonds is 6. The summed E-state index contributed by atoms with van der Waals surface area (Å²) in [5, 5.41) is 13.1. The van der Waals surface area contributed by atoms with Crippen LogP contribution in [0.5, 0.6) is 5.75 Å². The molecule has 1 aliphatic heterocycles. The van der Waals surface area contributed by atoms with Crippen molar-refractivity contribution in [2.45, 2.75) is 56.8 Å². The standard InChI is InChI=1S/C25H35N3O5S/c1-17-2-3-21(29)22(10-17)34(32,33)28-8-6-27(7-9-28)23(30)4-5-26-24(31)25-14-18-11-19(15-25)13-20(12-18)16-25/h2-3,10,18-20,29H,4-9,11-16H2,1H3,(H,26,31). The minimum atomic E-state index is -3.83. The van der Waals surface area contributed by atoms with E-state index < -0.39 is 10.0 Å². The molecule has 0 spiro atoms. The monoisotopic (exact) mass is 489 g/mol. The number of nitrogens with zero attached hydrogens (tertiary/aromatic N) is 2. The quantitative estimate of drug-likeness (QED) is 0.638. The van der Waals surface area contributed by atoms with Gasteiger partial charge in [-0.2, -0.15) is 4.31 Å². The molecule has 4 aliphatic carbocycles. The van der Waals surface area contributed by atoms with Gasteiger partial charge in [-0.3, -0.25) is 9.59 Å². The van der Waals surface area contributed by atoms with Gasteiger partial charge in [-0.25, -0.2) is 8.42 Å². The first kappa shape index (κ1) is 23.6. The Balaban J connectivity index is 1.11. The number of aryl methyl sites for hydroxylation is 1. The number of nitrogens with one attached hydrogen (secondary N) is 1. The molecule has 0 unspecified atom stereocenters. The van der Waals surface area contributed by atoms with Crippen LogP contribution in [0.4, 0.5) is 0 Å². The van der Waals surface area contributed by atoms with E-state index in [1.807, 2.05) is 0 Å². The Hall–Kier alpha value is -2.13. The Bertz CT molecular complexity index is 1040. The van der Waals surface area contributed by atoms with Crippen molar-refractivity contribution in [3.63, 3.8) is 0 Å². The van der Waals surface area contributed by atoms with E-state index in [1.54, 1.807) is 17.9 Å². The molecule has 1 heterocycles. The Kier molecular flexibility index (Phi) is 6.13. The molecule has 8 nitrogen and oxygen atoms in total. The van der Waals surface area contributed by atoms with Gasteiger partial charge in [-0.05, 0) is 80.9 Å². The topological polar surface area (TPSA) is 107 Å². The number of amides is 2. The predicted molar refractivity (Wildman–Crippen MR) is 126 cm³/mol. The summed E-state index contributed by atoms with van der Waals surface area (Å²) in [5.41, 5.74) is 0.542. The third kappa shape index (κ3) is 4.33. The van der Waals surface area contributed by atoms with Crippen molar-refractivity contribution in [2.75, 3.05) is 32.7 Å². The van der Waals surface area contributed by atoms with E-state index in [2.05, 4.69) is 5.32 Å². The zero-order chi connectivity index (χ0) is 24.1. The lowest BCUT2D eigenvalue weighted by molar-refractivity contribution is -0.146. The minimum Gasteiger partial charge on any atom is -0.507 e. The third-order valence-corrected chi connectivity index (χ3v) is 10.4. The molecule has 0 radical (unpaired) electrons. The lowest BCUT2D eigenvalue weighted by atomic mass is 9.49. The van der Waals surface area contributed by atoms with Crippen LogP contribution in [0.25, 0.3) is 0 Å². The average molecular weight is 490 g/mol. The molecule has 4 bridgehead atoms. The summed E-state index contributed by atoms with van der Waals surface area (Å²) in [5.74, 6) is 1.90. The molecule has 4 saturated carbocycles. The van der Waals surface area contributed by atoms with E-state index in [-0.39, 0.29) is 47.4 Å². The van der Waals surface area contributed by atoms with Crippen LogP contribution in [-0.2, 0) is 19.6 Å². The van der Waals surface area contributed by atoms with E-state index in [4.69, 9.17) is 0 Å². The van der Waals surface area contributed by atoms with E-state index >= 15 is 0 Å². The van der Waals surface area contributed by atoms with Gasteiger partial charge in [-0.15, -0.1) is 0 Å². The molecule has 1 aromatic rings. The molecule has 5 aliphatic rings. The van der Waals surface area contributed by atoms with E-state index in [1.165, 1.54) is 35.7 Å². The summed E-state index contributed by atoms with van der Waals surface area (Å²) in [4.78, 5) is 27.4. The maximum absolute atomic E-state index is 13.1. The van der Waals surface area contributed by atoms with Gasteiger partial charge < -0.3 is 15.3 Å². The maximum Gasteiger partial charge on any atom is 0.246 e. The van der Waals surface area contributed by atoms with Crippen LogP contribution < -0.4 is 5.32 Å². The lowest BCUT2D eigenvalue weighted by Gasteiger charge is -2.55. The van der Waals surface area contributed by atoms with Crippen LogP contribution in [-0.4, -0.2) is 67.3 Å². The van der Waals surface area contributed by atoms with Gasteiger partial charge in [0.15, 0.2) is 0 Å². The van der Waals surface area contributed by atoms with Crippen LogP contribution in [0.15, 0.2) is 23.1 Å². The van der Waals surface area contributed by atoms with Crippen LogP contribution in [0.2, 0.25) is 0 Å². The van der Waals surface area contributed by atoms with E-state index in [9.17, 15) is 23.1 Å². The van der Waals surface area contributed by atoms with E-state index in [0.29, 0.717) is 37.4 Å². The molecule has 0 aromatic heterocycles. The molecule has 2 N–H and O–H groups in total. The highest BCUT2D eigenvalue weighted by Gasteiger charge is 2.54. The number of phenolic OH excluding ortho intramolecular Hbond substituents is 1. The van der Waals surface area contributed by atoms with Gasteiger partial charge >= 0.3 is 0 Å². The molecule has 0 atom stereocenters. The van der Waals surface area contributed by atoms with Crippen molar-refractivity contribution >= 4 is 21.8 Å². The summed E-state index contributed by atoms with van der Waals surface area (Å²) >= 11 is 0. The molecule has 2 amide bonds. The van der Waals surface area contributed by atoms with Crippen molar-refractivity contribution in [3.8, 4) is 5.75 Å². The summed E-state index contributed by atoms with van der Waals surface area (Å²) < 4.78 is 27.2. The highest BCUT2D eigenvalue weighted by Crippen LogP contribution is 2.60. The number of hydrogen-bond acceptors (Lipinski definition) is 5. The first-order valence-electron chi connectivity index (χ1n) is 12.5. The van der Waals surface area contributed by atoms with Gasteiger partial charge in [0.1, 0.15) is 10.6 Å². The number of carbonyl (C=O) groups is 2. The number of piperazine rings is 1. The maximum atomic E-state index is 13.1. The molecule has 9 heteroatoms. The van der Waals surface area contributed by atoms with Crippen molar-refractivity contribution in [1.29, 1.82) is 0 Å². The number of aromatic hydroxyl groups is 1. The Morgan fingerprint density at radius 2 is 1.62 bits per heavy atom. The minimum absolute atomic E-state index is 0.0683. The van der Waals surface area contributed by atoms with Gasteiger partial charge in [0.2, 0.25) is 21.8 Å². The molecule has 186 valence electrons. The molecular formula is C25H35N3O5S. The normalized spacial score (nSPS) is 31.0. The largest absolute Gasteiger partial charge is 0.507 e. The van der Waals surface area contributed by atoms with Crippen LogP contribution >= 0.6 is 0 Å². The fraction of sp³-hybridized carbons (Fsp3) is 0.680. The van der Waals surface area contributed by atoms with Crippen LogP contribution in [0.3, 0.4) is 0 Å². The third-order valence-electron chi connectivity index (χ3n) is 8.47. The summed E-state index contributed by atoms with van der Waals surface area (Å²) in [6.45, 7) is 3.06. The Morgan fingerprint density at radius 3 is 2.21 bits per heavy atom. The first-order chi connectivity index (χ1) is 16.2. The first-order valence-corrected chi connectivity index (χ1v) is 14.0. The Labute approximate surface area is 201 Å². The highest BCUT2D eigenvalue weighted by molar-refractivity contribution is 7.89. The second kappa shape index (κ2) is 8.82. The van der Waals surface area contributed by atoms with Gasteiger partial charge in [0, 0.05) is 44.6 Å². The molecular weight excluding hydrogens is 454 g/mol. The second-order valence-corrected chi connectivity index (χ2v) is 12.9. The van der Waals surface area contributed by atoms with Gasteiger partial charge in [-0.1, -0.05) is 6.07 Å². The van der Waals surface area contributed by atoms with Gasteiger partial charge in [0.05, 0.1) is 0 Å².